The van der Waals surface area contributed by atoms with Crippen molar-refractivity contribution in [2.24, 2.45) is 0 Å². The molecule has 9 nitrogen and oxygen atoms in total. The fourth-order valence-corrected chi connectivity index (χ4v) is 4.70. The molecule has 0 aliphatic heterocycles. The van der Waals surface area contributed by atoms with Crippen molar-refractivity contribution >= 4 is 28.8 Å². The Morgan fingerprint density at radius 3 is 2.53 bits per heavy atom. The number of ether oxygens (including phenoxy) is 1. The average molecular weight is 537 g/mol. The van der Waals surface area contributed by atoms with Crippen LogP contribution >= 0.6 is 11.3 Å². The Bertz CT molecular complexity index is 1410. The first kappa shape index (κ1) is 26.9. The predicted octanol–water partition coefficient (Wildman–Crippen LogP) is 4.55. The highest BCUT2D eigenvalue weighted by Gasteiger charge is 2.37. The molecule has 2 aromatic carbocycles. The van der Waals surface area contributed by atoms with Crippen molar-refractivity contribution in [1.82, 2.24) is 25.5 Å². The third-order valence-corrected chi connectivity index (χ3v) is 6.44. The van der Waals surface area contributed by atoms with Crippen molar-refractivity contribution in [3.05, 3.63) is 76.2 Å². The van der Waals surface area contributed by atoms with Crippen LogP contribution in [0.4, 0.5) is 10.1 Å². The lowest BCUT2D eigenvalue weighted by atomic mass is 10.1. The normalized spacial score (nSPS) is 12.2. The number of nitrogens with zero attached hydrogens (tertiary/aromatic N) is 5. The third kappa shape index (κ3) is 6.23. The third-order valence-electron chi connectivity index (χ3n) is 5.51. The molecule has 4 aromatic rings. The summed E-state index contributed by atoms with van der Waals surface area (Å²) in [7, 11) is 1.51. The highest BCUT2D eigenvalue weighted by molar-refractivity contribution is 7.10. The van der Waals surface area contributed by atoms with Gasteiger partial charge in [-0.15, -0.1) is 21.5 Å². The molecule has 0 bridgehead atoms. The standard InChI is InChI=1S/C27H29FN6O3S/c1-17-8-13-21(37-5)20(15-17)34(24(22-7-6-14-38-22)26(36)29-27(2,3)4)23(35)16-33-31-25(30-32-33)18-9-11-19(28)12-10-18/h6-15,24H,16H2,1-5H3,(H,29,36)/t24-/m0/s1. The number of hydrogen-bond donors (Lipinski definition) is 1. The van der Waals surface area contributed by atoms with Crippen LogP contribution in [-0.4, -0.2) is 44.7 Å². The van der Waals surface area contributed by atoms with Gasteiger partial charge in [-0.05, 0) is 86.3 Å². The number of halogens is 1. The maximum atomic E-state index is 14.0. The van der Waals surface area contributed by atoms with E-state index >= 15 is 0 Å². The fourth-order valence-electron chi connectivity index (χ4n) is 3.89. The molecule has 0 radical (unpaired) electrons. The van der Waals surface area contributed by atoms with Gasteiger partial charge in [0.05, 0.1) is 12.8 Å². The minimum atomic E-state index is -0.975. The van der Waals surface area contributed by atoms with Gasteiger partial charge in [0.15, 0.2) is 0 Å². The van der Waals surface area contributed by atoms with Crippen molar-refractivity contribution in [3.8, 4) is 17.1 Å². The van der Waals surface area contributed by atoms with E-state index in [4.69, 9.17) is 4.74 Å². The van der Waals surface area contributed by atoms with E-state index in [2.05, 4.69) is 20.7 Å². The van der Waals surface area contributed by atoms with Gasteiger partial charge in [0.2, 0.25) is 11.7 Å². The number of anilines is 1. The molecule has 2 amide bonds. The maximum absolute atomic E-state index is 14.0. The van der Waals surface area contributed by atoms with E-state index in [0.717, 1.165) is 10.4 Å². The van der Waals surface area contributed by atoms with Crippen LogP contribution in [0.3, 0.4) is 0 Å². The molecule has 0 spiro atoms. The number of methoxy groups -OCH3 is 1. The minimum Gasteiger partial charge on any atom is -0.495 e. The van der Waals surface area contributed by atoms with Crippen LogP contribution in [0.25, 0.3) is 11.4 Å². The molecule has 0 aliphatic rings. The summed E-state index contributed by atoms with van der Waals surface area (Å²) in [6.45, 7) is 7.25. The van der Waals surface area contributed by atoms with E-state index in [1.165, 1.54) is 47.6 Å². The fraction of sp³-hybridized carbons (Fsp3) is 0.296. The van der Waals surface area contributed by atoms with Gasteiger partial charge in [0.25, 0.3) is 5.91 Å². The van der Waals surface area contributed by atoms with Crippen LogP contribution in [0.15, 0.2) is 60.0 Å². The van der Waals surface area contributed by atoms with E-state index in [1.54, 1.807) is 12.1 Å². The number of benzene rings is 2. The summed E-state index contributed by atoms with van der Waals surface area (Å²) >= 11 is 1.38. The Kier molecular flexibility index (Phi) is 7.86. The first-order chi connectivity index (χ1) is 18.1. The van der Waals surface area contributed by atoms with Crippen LogP contribution in [0.2, 0.25) is 0 Å². The number of nitrogens with one attached hydrogen (secondary N) is 1. The van der Waals surface area contributed by atoms with Gasteiger partial charge in [0, 0.05) is 16.0 Å². The molecule has 38 heavy (non-hydrogen) atoms. The molecule has 0 unspecified atom stereocenters. The maximum Gasteiger partial charge on any atom is 0.251 e. The van der Waals surface area contributed by atoms with Gasteiger partial charge in [-0.3, -0.25) is 14.5 Å². The second kappa shape index (κ2) is 11.1. The molecule has 1 atom stereocenters. The quantitative estimate of drug-likeness (QED) is 0.355. The number of hydrogen-bond acceptors (Lipinski definition) is 7. The summed E-state index contributed by atoms with van der Waals surface area (Å²) in [6.07, 6.45) is 0. The van der Waals surface area contributed by atoms with E-state index in [1.807, 2.05) is 51.3 Å². The van der Waals surface area contributed by atoms with Crippen LogP contribution in [0, 0.1) is 12.7 Å². The zero-order chi connectivity index (χ0) is 27.4. The molecule has 1 N–H and O–H groups in total. The summed E-state index contributed by atoms with van der Waals surface area (Å²) in [6, 6.07) is 13.8. The molecule has 0 fully saturated rings. The zero-order valence-corrected chi connectivity index (χ0v) is 22.6. The lowest BCUT2D eigenvalue weighted by Crippen LogP contribution is -2.50. The van der Waals surface area contributed by atoms with Crippen LogP contribution in [-0.2, 0) is 16.1 Å². The van der Waals surface area contributed by atoms with Crippen LogP contribution in [0.1, 0.15) is 37.3 Å². The predicted molar refractivity (Wildman–Crippen MR) is 143 cm³/mol. The summed E-state index contributed by atoms with van der Waals surface area (Å²) in [4.78, 5) is 31.0. The molecule has 2 heterocycles. The van der Waals surface area contributed by atoms with E-state index in [9.17, 15) is 14.0 Å². The molecule has 11 heteroatoms. The van der Waals surface area contributed by atoms with Gasteiger partial charge in [-0.2, -0.15) is 4.80 Å². The number of thiophene rings is 1. The number of carbonyl (C=O) groups excluding carboxylic acids is 2. The number of aryl methyl sites for hydroxylation is 1. The van der Waals surface area contributed by atoms with E-state index in [0.29, 0.717) is 21.9 Å². The van der Waals surface area contributed by atoms with Crippen molar-refractivity contribution < 1.29 is 18.7 Å². The van der Waals surface area contributed by atoms with Crippen molar-refractivity contribution in [2.75, 3.05) is 12.0 Å². The number of amides is 2. The monoisotopic (exact) mass is 536 g/mol. The molecule has 0 aliphatic carbocycles. The SMILES string of the molecule is COc1ccc(C)cc1N(C(=O)Cn1nnc(-c2ccc(F)cc2)n1)[C@H](C(=O)NC(C)(C)C)c1cccs1. The highest BCUT2D eigenvalue weighted by Crippen LogP contribution is 2.37. The Balaban J connectivity index is 1.76. The van der Waals surface area contributed by atoms with Gasteiger partial charge in [-0.25, -0.2) is 4.39 Å². The highest BCUT2D eigenvalue weighted by atomic mass is 32.1. The lowest BCUT2D eigenvalue weighted by molar-refractivity contribution is -0.128. The molecule has 4 rings (SSSR count). The Hall–Kier alpha value is -4.12. The number of tetrazole rings is 1. The summed E-state index contributed by atoms with van der Waals surface area (Å²) < 4.78 is 18.9. The van der Waals surface area contributed by atoms with Gasteiger partial charge in [-0.1, -0.05) is 12.1 Å². The van der Waals surface area contributed by atoms with E-state index < -0.39 is 17.5 Å². The molecule has 2 aromatic heterocycles. The van der Waals surface area contributed by atoms with Crippen LogP contribution in [0.5, 0.6) is 5.75 Å². The molecule has 0 saturated heterocycles. The summed E-state index contributed by atoms with van der Waals surface area (Å²) in [5, 5.41) is 17.2. The summed E-state index contributed by atoms with van der Waals surface area (Å²) in [5.41, 5.74) is 1.36. The number of carbonyl (C=O) groups is 2. The number of rotatable bonds is 8. The van der Waals surface area contributed by atoms with Gasteiger partial charge < -0.3 is 10.1 Å². The van der Waals surface area contributed by atoms with Crippen molar-refractivity contribution in [2.45, 2.75) is 45.8 Å². The zero-order valence-electron chi connectivity index (χ0n) is 21.8. The molecule has 198 valence electrons. The second-order valence-corrected chi connectivity index (χ2v) is 10.7. The minimum absolute atomic E-state index is 0.248. The van der Waals surface area contributed by atoms with Crippen LogP contribution < -0.4 is 15.0 Å². The Morgan fingerprint density at radius 2 is 1.89 bits per heavy atom. The molecular weight excluding hydrogens is 507 g/mol. The van der Waals surface area contributed by atoms with Crippen molar-refractivity contribution in [3.63, 3.8) is 0 Å². The first-order valence-electron chi connectivity index (χ1n) is 11.9. The Labute approximate surface area is 224 Å². The lowest BCUT2D eigenvalue weighted by Gasteiger charge is -2.33. The second-order valence-electron chi connectivity index (χ2n) is 9.75. The van der Waals surface area contributed by atoms with Gasteiger partial charge in [0.1, 0.15) is 24.2 Å². The average Bonchev–Trinajstić information content (AvgIpc) is 3.54. The summed E-state index contributed by atoms with van der Waals surface area (Å²) in [5.74, 6) is -0.479. The molecular formula is C27H29FN6O3S. The van der Waals surface area contributed by atoms with E-state index in [-0.39, 0.29) is 24.1 Å². The largest absolute Gasteiger partial charge is 0.495 e. The molecule has 0 saturated carbocycles. The first-order valence-corrected chi connectivity index (χ1v) is 12.8. The van der Waals surface area contributed by atoms with Crippen molar-refractivity contribution in [1.29, 1.82) is 0 Å². The topological polar surface area (TPSA) is 102 Å². The number of aromatic nitrogens is 4. The smallest absolute Gasteiger partial charge is 0.251 e. The Morgan fingerprint density at radius 1 is 1.16 bits per heavy atom. The van der Waals surface area contributed by atoms with Gasteiger partial charge >= 0.3 is 0 Å².